The van der Waals surface area contributed by atoms with Gasteiger partial charge in [0, 0.05) is 71.4 Å². The maximum atomic E-state index is 13.5. The van der Waals surface area contributed by atoms with Crippen LogP contribution in [0.15, 0.2) is 47.2 Å². The summed E-state index contributed by atoms with van der Waals surface area (Å²) in [5.41, 5.74) is 1.80. The predicted octanol–water partition coefficient (Wildman–Crippen LogP) is 0.319. The van der Waals surface area contributed by atoms with Crippen LogP contribution < -0.4 is 10.2 Å². The molecule has 1 unspecified atom stereocenters. The summed E-state index contributed by atoms with van der Waals surface area (Å²) in [5.74, 6) is -2.14. The first-order valence-electron chi connectivity index (χ1n) is 17.5. The van der Waals surface area contributed by atoms with Crippen molar-refractivity contribution in [2.24, 2.45) is 0 Å². The van der Waals surface area contributed by atoms with E-state index < -0.39 is 29.7 Å². The van der Waals surface area contributed by atoms with Gasteiger partial charge in [-0.2, -0.15) is 0 Å². The molecular formula is C35H39N9O8. The van der Waals surface area contributed by atoms with Gasteiger partial charge >= 0.3 is 0 Å². The minimum absolute atomic E-state index is 0.0356. The lowest BCUT2D eigenvalue weighted by atomic mass is 10.0. The zero-order valence-corrected chi connectivity index (χ0v) is 28.6. The number of piperidine rings is 1. The monoisotopic (exact) mass is 713 g/mol. The Morgan fingerprint density at radius 3 is 2.29 bits per heavy atom. The van der Waals surface area contributed by atoms with E-state index in [-0.39, 0.29) is 54.0 Å². The Hall–Kier alpha value is -5.87. The molecule has 0 aliphatic carbocycles. The number of imide groups is 2. The van der Waals surface area contributed by atoms with Gasteiger partial charge in [0.2, 0.25) is 23.6 Å². The minimum Gasteiger partial charge on any atom is -0.459 e. The molecule has 3 fully saturated rings. The van der Waals surface area contributed by atoms with Gasteiger partial charge in [0.1, 0.15) is 12.6 Å². The molecule has 1 N–H and O–H groups in total. The molecule has 2 aromatic heterocycles. The average Bonchev–Trinajstić information content (AvgIpc) is 3.91. The molecule has 3 aromatic rings. The van der Waals surface area contributed by atoms with E-state index in [0.29, 0.717) is 77.3 Å². The smallest absolute Gasteiger partial charge is 0.289 e. The van der Waals surface area contributed by atoms with Gasteiger partial charge in [0.25, 0.3) is 17.7 Å². The number of unbranched alkanes of at least 4 members (excludes halogenated alkanes) is 1. The molecule has 0 radical (unpaired) electrons. The Balaban J connectivity index is 0.829. The van der Waals surface area contributed by atoms with Crippen molar-refractivity contribution in [3.05, 3.63) is 65.4 Å². The number of nitrogens with one attached hydrogen (secondary N) is 1. The second-order valence-corrected chi connectivity index (χ2v) is 13.3. The lowest BCUT2D eigenvalue weighted by Crippen LogP contribution is -2.54. The van der Waals surface area contributed by atoms with E-state index in [4.69, 9.17) is 4.42 Å². The largest absolute Gasteiger partial charge is 0.459 e. The molecule has 272 valence electrons. The third-order valence-electron chi connectivity index (χ3n) is 10.0. The highest BCUT2D eigenvalue weighted by Gasteiger charge is 2.46. The first-order valence-corrected chi connectivity index (χ1v) is 17.5. The van der Waals surface area contributed by atoms with E-state index in [0.717, 1.165) is 17.0 Å². The zero-order valence-electron chi connectivity index (χ0n) is 28.6. The molecule has 6 heterocycles. The number of aryl methyl sites for hydroxylation is 1. The van der Waals surface area contributed by atoms with Crippen molar-refractivity contribution in [3.8, 4) is 0 Å². The quantitative estimate of drug-likeness (QED) is 0.225. The minimum atomic E-state index is -1.03. The zero-order chi connectivity index (χ0) is 36.4. The third kappa shape index (κ3) is 7.02. The number of fused-ring (bicyclic) bond motifs is 1. The van der Waals surface area contributed by atoms with Gasteiger partial charge in [-0.25, -0.2) is 4.68 Å². The Morgan fingerprint density at radius 2 is 1.56 bits per heavy atom. The number of rotatable bonds is 10. The summed E-state index contributed by atoms with van der Waals surface area (Å²) in [6, 6.07) is 7.31. The molecule has 7 rings (SSSR count). The van der Waals surface area contributed by atoms with Gasteiger partial charge in [0.15, 0.2) is 5.76 Å². The molecule has 3 saturated heterocycles. The van der Waals surface area contributed by atoms with Crippen molar-refractivity contribution in [1.82, 2.24) is 39.9 Å². The van der Waals surface area contributed by atoms with Crippen LogP contribution in [-0.4, -0.2) is 134 Å². The van der Waals surface area contributed by atoms with E-state index in [2.05, 4.69) is 15.6 Å². The number of carbonyl (C=O) groups excluding carboxylic acids is 7. The number of nitrogens with zero attached hydrogens (tertiary/aromatic N) is 8. The summed E-state index contributed by atoms with van der Waals surface area (Å²) in [4.78, 5) is 97.3. The van der Waals surface area contributed by atoms with E-state index in [9.17, 15) is 33.6 Å². The van der Waals surface area contributed by atoms with Crippen LogP contribution in [-0.2, 0) is 32.1 Å². The van der Waals surface area contributed by atoms with Crippen LogP contribution in [0.3, 0.4) is 0 Å². The fraction of sp³-hybridized carbons (Fsp3) is 0.457. The Kier molecular flexibility index (Phi) is 9.82. The first-order chi connectivity index (χ1) is 25.2. The van der Waals surface area contributed by atoms with Crippen molar-refractivity contribution in [3.63, 3.8) is 0 Å². The van der Waals surface area contributed by atoms with E-state index in [1.54, 1.807) is 51.2 Å². The fourth-order valence-corrected chi connectivity index (χ4v) is 7.18. The summed E-state index contributed by atoms with van der Waals surface area (Å²) in [7, 11) is 0. The van der Waals surface area contributed by atoms with Crippen molar-refractivity contribution in [1.29, 1.82) is 0 Å². The van der Waals surface area contributed by atoms with Crippen molar-refractivity contribution in [2.75, 3.05) is 57.3 Å². The molecule has 0 saturated carbocycles. The Bertz CT molecular complexity index is 1890. The highest BCUT2D eigenvalue weighted by atomic mass is 16.3. The molecule has 17 heteroatoms. The van der Waals surface area contributed by atoms with Crippen LogP contribution in [0.1, 0.15) is 69.1 Å². The van der Waals surface area contributed by atoms with Gasteiger partial charge in [-0.05, 0) is 49.9 Å². The SMILES string of the molecule is O=C1CCC(N2C(=O)c3cccc(N4CCN(C(=O)CCCCc5cn(CC(=O)N6CCN(C(=O)c7ccco7)CC6)nn5)CC4)c3C2=O)C(=O)N1. The van der Waals surface area contributed by atoms with Crippen LogP contribution in [0, 0.1) is 0 Å². The third-order valence-corrected chi connectivity index (χ3v) is 10.0. The summed E-state index contributed by atoms with van der Waals surface area (Å²) in [6.07, 6.45) is 5.71. The van der Waals surface area contributed by atoms with Crippen LogP contribution in [0.4, 0.5) is 5.69 Å². The molecule has 0 spiro atoms. The second kappa shape index (κ2) is 14.8. The molecule has 1 atom stereocenters. The molecule has 7 amide bonds. The average molecular weight is 714 g/mol. The van der Waals surface area contributed by atoms with Crippen molar-refractivity contribution >= 4 is 47.0 Å². The van der Waals surface area contributed by atoms with Crippen molar-refractivity contribution in [2.45, 2.75) is 51.1 Å². The lowest BCUT2D eigenvalue weighted by molar-refractivity contribution is -0.136. The highest BCUT2D eigenvalue weighted by Crippen LogP contribution is 2.34. The molecule has 0 bridgehead atoms. The van der Waals surface area contributed by atoms with E-state index >= 15 is 0 Å². The first kappa shape index (κ1) is 34.6. The summed E-state index contributed by atoms with van der Waals surface area (Å²) in [6.45, 7) is 3.62. The van der Waals surface area contributed by atoms with E-state index in [1.807, 2.05) is 4.90 Å². The van der Waals surface area contributed by atoms with Crippen LogP contribution in [0.5, 0.6) is 0 Å². The number of amides is 7. The summed E-state index contributed by atoms with van der Waals surface area (Å²) < 4.78 is 6.71. The van der Waals surface area contributed by atoms with Crippen LogP contribution in [0.25, 0.3) is 0 Å². The number of hydrogen-bond acceptors (Lipinski definition) is 11. The second-order valence-electron chi connectivity index (χ2n) is 13.3. The Labute approximate surface area is 298 Å². The molecule has 17 nitrogen and oxygen atoms in total. The molecule has 4 aliphatic rings. The highest BCUT2D eigenvalue weighted by molar-refractivity contribution is 6.25. The number of benzene rings is 1. The van der Waals surface area contributed by atoms with Gasteiger partial charge in [-0.1, -0.05) is 11.3 Å². The standard InChI is InChI=1S/C35H39N9O8/c45-28-11-10-26(32(48)36-28)44-33(49)24-6-3-7-25(31(24)35(44)51)39-12-14-40(15-13-39)29(46)9-2-1-5-23-21-43(38-37-23)22-30(47)41-16-18-42(19-17-41)34(50)27-8-4-20-52-27/h3-4,6-8,20-21,26H,1-2,5,9-19,22H2,(H,36,45,48). The molecule has 4 aliphatic heterocycles. The normalized spacial score (nSPS) is 19.3. The number of furan rings is 1. The maximum absolute atomic E-state index is 13.5. The van der Waals surface area contributed by atoms with Crippen molar-refractivity contribution < 1.29 is 38.0 Å². The summed E-state index contributed by atoms with van der Waals surface area (Å²) in [5, 5.41) is 10.5. The number of anilines is 1. The Morgan fingerprint density at radius 1 is 0.827 bits per heavy atom. The topological polar surface area (TPSA) is 192 Å². The number of aromatic nitrogens is 3. The van der Waals surface area contributed by atoms with Crippen LogP contribution >= 0.6 is 0 Å². The van der Waals surface area contributed by atoms with E-state index in [1.165, 1.54) is 10.9 Å². The molecule has 52 heavy (non-hydrogen) atoms. The van der Waals surface area contributed by atoms with Gasteiger partial charge in [-0.3, -0.25) is 43.8 Å². The van der Waals surface area contributed by atoms with Gasteiger partial charge in [-0.15, -0.1) is 5.10 Å². The van der Waals surface area contributed by atoms with Gasteiger partial charge < -0.3 is 24.0 Å². The number of piperazine rings is 2. The maximum Gasteiger partial charge on any atom is 0.289 e. The predicted molar refractivity (Wildman–Crippen MR) is 181 cm³/mol. The molecular weight excluding hydrogens is 674 g/mol. The van der Waals surface area contributed by atoms with Crippen LogP contribution in [0.2, 0.25) is 0 Å². The summed E-state index contributed by atoms with van der Waals surface area (Å²) >= 11 is 0. The number of carbonyl (C=O) groups is 7. The lowest BCUT2D eigenvalue weighted by Gasteiger charge is -2.37. The van der Waals surface area contributed by atoms with Gasteiger partial charge in [0.05, 0.1) is 28.8 Å². The molecule has 1 aromatic carbocycles. The number of hydrogen-bond donors (Lipinski definition) is 1. The fourth-order valence-electron chi connectivity index (χ4n) is 7.18.